The van der Waals surface area contributed by atoms with Crippen LogP contribution in [0.5, 0.6) is 5.75 Å². The van der Waals surface area contributed by atoms with Gasteiger partial charge in [-0.15, -0.1) is 0 Å². The molecule has 0 radical (unpaired) electrons. The van der Waals surface area contributed by atoms with E-state index in [2.05, 4.69) is 54.3 Å². The molecule has 5 heteroatoms. The molecule has 0 saturated carbocycles. The fourth-order valence-electron chi connectivity index (χ4n) is 1.94. The summed E-state index contributed by atoms with van der Waals surface area (Å²) >= 11 is 7.02. The van der Waals surface area contributed by atoms with E-state index >= 15 is 0 Å². The Morgan fingerprint density at radius 2 is 1.85 bits per heavy atom. The van der Waals surface area contributed by atoms with E-state index in [1.165, 1.54) is 5.56 Å². The van der Waals surface area contributed by atoms with Gasteiger partial charge in [-0.3, -0.25) is 4.98 Å². The van der Waals surface area contributed by atoms with Crippen LogP contribution in [-0.2, 0) is 13.1 Å². The van der Waals surface area contributed by atoms with E-state index < -0.39 is 0 Å². The van der Waals surface area contributed by atoms with Crippen molar-refractivity contribution in [2.24, 2.45) is 0 Å². The molecule has 2 rings (SSSR count). The summed E-state index contributed by atoms with van der Waals surface area (Å²) in [6.07, 6.45) is 0. The SMILES string of the molecule is COc1c(Br)cc(CNCc2cccc(C)n2)cc1Br. The lowest BCUT2D eigenvalue weighted by Crippen LogP contribution is -2.14. The summed E-state index contributed by atoms with van der Waals surface area (Å²) in [5.41, 5.74) is 3.27. The monoisotopic (exact) mass is 398 g/mol. The molecular formula is C15H16Br2N2O. The number of halogens is 2. The highest BCUT2D eigenvalue weighted by atomic mass is 79.9. The number of aryl methyl sites for hydroxylation is 1. The van der Waals surface area contributed by atoms with Gasteiger partial charge in [-0.25, -0.2) is 0 Å². The van der Waals surface area contributed by atoms with Gasteiger partial charge in [0.25, 0.3) is 0 Å². The van der Waals surface area contributed by atoms with Gasteiger partial charge in [-0.05, 0) is 68.6 Å². The average Bonchev–Trinajstić information content (AvgIpc) is 2.38. The Morgan fingerprint density at radius 3 is 2.45 bits per heavy atom. The van der Waals surface area contributed by atoms with E-state index in [0.717, 1.165) is 39.2 Å². The molecule has 0 aliphatic carbocycles. The van der Waals surface area contributed by atoms with Crippen molar-refractivity contribution in [3.8, 4) is 5.75 Å². The van der Waals surface area contributed by atoms with Crippen molar-refractivity contribution in [2.75, 3.05) is 7.11 Å². The Balaban J connectivity index is 1.98. The molecule has 0 spiro atoms. The molecule has 106 valence electrons. The maximum Gasteiger partial charge on any atom is 0.147 e. The Labute approximate surface area is 136 Å². The third-order valence-corrected chi connectivity index (χ3v) is 4.02. The molecule has 0 atom stereocenters. The third kappa shape index (κ3) is 4.04. The van der Waals surface area contributed by atoms with Crippen LogP contribution in [0, 0.1) is 6.92 Å². The number of hydrogen-bond donors (Lipinski definition) is 1. The zero-order valence-corrected chi connectivity index (χ0v) is 14.6. The third-order valence-electron chi connectivity index (χ3n) is 2.84. The Kier molecular flexibility index (Phi) is 5.57. The van der Waals surface area contributed by atoms with Gasteiger partial charge in [0.2, 0.25) is 0 Å². The van der Waals surface area contributed by atoms with Crippen molar-refractivity contribution in [3.05, 3.63) is 56.2 Å². The lowest BCUT2D eigenvalue weighted by atomic mass is 10.2. The van der Waals surface area contributed by atoms with E-state index in [9.17, 15) is 0 Å². The first-order chi connectivity index (χ1) is 9.60. The van der Waals surface area contributed by atoms with Crippen LogP contribution >= 0.6 is 31.9 Å². The number of nitrogens with one attached hydrogen (secondary N) is 1. The van der Waals surface area contributed by atoms with Crippen LogP contribution in [0.15, 0.2) is 39.3 Å². The van der Waals surface area contributed by atoms with Gasteiger partial charge in [0.15, 0.2) is 0 Å². The van der Waals surface area contributed by atoms with E-state index in [0.29, 0.717) is 0 Å². The van der Waals surface area contributed by atoms with Crippen molar-refractivity contribution in [1.29, 1.82) is 0 Å². The molecule has 0 fully saturated rings. The minimum absolute atomic E-state index is 0.753. The number of aromatic nitrogens is 1. The minimum Gasteiger partial charge on any atom is -0.494 e. The molecule has 1 aromatic carbocycles. The smallest absolute Gasteiger partial charge is 0.147 e. The summed E-state index contributed by atoms with van der Waals surface area (Å²) in [7, 11) is 1.66. The molecule has 3 nitrogen and oxygen atoms in total. The summed E-state index contributed by atoms with van der Waals surface area (Å²) in [4.78, 5) is 4.47. The molecule has 2 aromatic rings. The average molecular weight is 400 g/mol. The maximum atomic E-state index is 5.29. The van der Waals surface area contributed by atoms with E-state index in [-0.39, 0.29) is 0 Å². The Bertz CT molecular complexity index is 579. The second-order valence-electron chi connectivity index (χ2n) is 4.47. The van der Waals surface area contributed by atoms with Crippen molar-refractivity contribution in [1.82, 2.24) is 10.3 Å². The molecule has 1 heterocycles. The van der Waals surface area contributed by atoms with Crippen molar-refractivity contribution in [3.63, 3.8) is 0 Å². The predicted octanol–water partition coefficient (Wildman–Crippen LogP) is 4.21. The molecule has 0 aliphatic heterocycles. The highest BCUT2D eigenvalue weighted by Crippen LogP contribution is 2.34. The zero-order valence-electron chi connectivity index (χ0n) is 11.4. The van der Waals surface area contributed by atoms with Gasteiger partial charge in [0.05, 0.1) is 21.7 Å². The number of methoxy groups -OCH3 is 1. The number of hydrogen-bond acceptors (Lipinski definition) is 3. The topological polar surface area (TPSA) is 34.1 Å². The molecule has 0 saturated heterocycles. The highest BCUT2D eigenvalue weighted by molar-refractivity contribution is 9.11. The largest absolute Gasteiger partial charge is 0.494 e. The van der Waals surface area contributed by atoms with E-state index in [1.54, 1.807) is 7.11 Å². The first-order valence-electron chi connectivity index (χ1n) is 6.25. The zero-order chi connectivity index (χ0) is 14.5. The van der Waals surface area contributed by atoms with Crippen LogP contribution in [0.2, 0.25) is 0 Å². The maximum absolute atomic E-state index is 5.29. The van der Waals surface area contributed by atoms with E-state index in [4.69, 9.17) is 4.74 Å². The first-order valence-corrected chi connectivity index (χ1v) is 7.84. The van der Waals surface area contributed by atoms with Crippen LogP contribution in [0.1, 0.15) is 17.0 Å². The van der Waals surface area contributed by atoms with Crippen LogP contribution in [0.4, 0.5) is 0 Å². The number of rotatable bonds is 5. The molecule has 0 amide bonds. The van der Waals surface area contributed by atoms with Crippen molar-refractivity contribution >= 4 is 31.9 Å². The molecule has 0 bridgehead atoms. The van der Waals surface area contributed by atoms with Crippen LogP contribution in [0.3, 0.4) is 0 Å². The van der Waals surface area contributed by atoms with Crippen LogP contribution in [-0.4, -0.2) is 12.1 Å². The van der Waals surface area contributed by atoms with Crippen molar-refractivity contribution < 1.29 is 4.74 Å². The van der Waals surface area contributed by atoms with Gasteiger partial charge in [-0.1, -0.05) is 6.07 Å². The number of pyridine rings is 1. The van der Waals surface area contributed by atoms with Gasteiger partial charge in [-0.2, -0.15) is 0 Å². The van der Waals surface area contributed by atoms with Gasteiger partial charge >= 0.3 is 0 Å². The van der Waals surface area contributed by atoms with E-state index in [1.807, 2.05) is 25.1 Å². The summed E-state index contributed by atoms with van der Waals surface area (Å²) in [6, 6.07) is 10.2. The number of benzene rings is 1. The fourth-order valence-corrected chi connectivity index (χ4v) is 3.55. The Morgan fingerprint density at radius 1 is 1.15 bits per heavy atom. The highest BCUT2D eigenvalue weighted by Gasteiger charge is 2.07. The first kappa shape index (κ1) is 15.5. The molecule has 1 aromatic heterocycles. The summed E-state index contributed by atoms with van der Waals surface area (Å²) in [6.45, 7) is 3.53. The second kappa shape index (κ2) is 7.20. The quantitative estimate of drug-likeness (QED) is 0.817. The fraction of sp³-hybridized carbons (Fsp3) is 0.267. The summed E-state index contributed by atoms with van der Waals surface area (Å²) in [5, 5.41) is 3.39. The summed E-state index contributed by atoms with van der Waals surface area (Å²) < 4.78 is 7.18. The second-order valence-corrected chi connectivity index (χ2v) is 6.18. The molecule has 20 heavy (non-hydrogen) atoms. The lowest BCUT2D eigenvalue weighted by molar-refractivity contribution is 0.409. The van der Waals surface area contributed by atoms with Gasteiger partial charge < -0.3 is 10.1 Å². The minimum atomic E-state index is 0.753. The van der Waals surface area contributed by atoms with Crippen LogP contribution in [0.25, 0.3) is 0 Å². The molecule has 1 N–H and O–H groups in total. The van der Waals surface area contributed by atoms with Gasteiger partial charge in [0.1, 0.15) is 5.75 Å². The van der Waals surface area contributed by atoms with Crippen molar-refractivity contribution in [2.45, 2.75) is 20.0 Å². The normalized spacial score (nSPS) is 10.6. The number of ether oxygens (including phenoxy) is 1. The summed E-state index contributed by atoms with van der Waals surface area (Å²) in [5.74, 6) is 0.814. The number of nitrogens with zero attached hydrogens (tertiary/aromatic N) is 1. The predicted molar refractivity (Wildman–Crippen MR) is 87.9 cm³/mol. The Hall–Kier alpha value is -0.910. The van der Waals surface area contributed by atoms with Crippen LogP contribution < -0.4 is 10.1 Å². The molecule has 0 aliphatic rings. The standard InChI is InChI=1S/C15H16Br2N2O/c1-10-4-3-5-12(19-10)9-18-8-11-6-13(16)15(20-2)14(17)7-11/h3-7,18H,8-9H2,1-2H3. The van der Waals surface area contributed by atoms with Gasteiger partial charge in [0, 0.05) is 18.8 Å². The molecule has 0 unspecified atom stereocenters. The lowest BCUT2D eigenvalue weighted by Gasteiger charge is -2.10. The molecular weight excluding hydrogens is 384 g/mol.